The maximum Gasteiger partial charge on any atom is 0.302 e. The van der Waals surface area contributed by atoms with Crippen LogP contribution < -0.4 is 0 Å². The van der Waals surface area contributed by atoms with Crippen molar-refractivity contribution in [3.8, 4) is 0 Å². The lowest BCUT2D eigenvalue weighted by molar-refractivity contribution is -0.139. The first kappa shape index (κ1) is 10.8. The summed E-state index contributed by atoms with van der Waals surface area (Å²) in [5.41, 5.74) is 0. The third-order valence-electron chi connectivity index (χ3n) is 0.949. The Balaban J connectivity index is 3.14. The van der Waals surface area contributed by atoms with Gasteiger partial charge in [-0.15, -0.1) is 0 Å². The van der Waals surface area contributed by atoms with Crippen molar-refractivity contribution < 1.29 is 19.1 Å². The molecule has 0 aliphatic heterocycles. The van der Waals surface area contributed by atoms with Gasteiger partial charge in [0.2, 0.25) is 0 Å². The van der Waals surface area contributed by atoms with Gasteiger partial charge in [-0.1, -0.05) is 6.08 Å². The van der Waals surface area contributed by atoms with E-state index in [1.54, 1.807) is 12.2 Å². The summed E-state index contributed by atoms with van der Waals surface area (Å²) in [5, 5.41) is 0. The largest absolute Gasteiger partial charge is 0.462 e. The molecule has 0 bridgehead atoms. The average molecular weight is 172 g/mol. The lowest BCUT2D eigenvalue weighted by Crippen LogP contribution is -1.98. The summed E-state index contributed by atoms with van der Waals surface area (Å²) in [6, 6.07) is 0. The van der Waals surface area contributed by atoms with Crippen LogP contribution in [0.25, 0.3) is 0 Å². The summed E-state index contributed by atoms with van der Waals surface area (Å²) in [4.78, 5) is 20.0. The molecule has 0 aliphatic carbocycles. The Labute approximate surface area is 71.2 Å². The fraction of sp³-hybridized carbons (Fsp3) is 0.500. The van der Waals surface area contributed by atoms with Crippen LogP contribution in [0.5, 0.6) is 0 Å². The molecule has 12 heavy (non-hydrogen) atoms. The van der Waals surface area contributed by atoms with Crippen LogP contribution in [0, 0.1) is 0 Å². The van der Waals surface area contributed by atoms with Gasteiger partial charge in [0.05, 0.1) is 6.61 Å². The monoisotopic (exact) mass is 172 g/mol. The second-order valence-electron chi connectivity index (χ2n) is 1.98. The van der Waals surface area contributed by atoms with Gasteiger partial charge in [0.25, 0.3) is 0 Å². The first-order valence-corrected chi connectivity index (χ1v) is 3.57. The van der Waals surface area contributed by atoms with Gasteiger partial charge in [-0.3, -0.25) is 4.79 Å². The topological polar surface area (TPSA) is 52.6 Å². The molecule has 4 heteroatoms. The fourth-order valence-corrected chi connectivity index (χ4v) is 0.486. The van der Waals surface area contributed by atoms with Gasteiger partial charge >= 0.3 is 5.97 Å². The minimum atomic E-state index is -0.312. The molecule has 4 nitrogen and oxygen atoms in total. The Hall–Kier alpha value is -1.16. The van der Waals surface area contributed by atoms with E-state index >= 15 is 0 Å². The average Bonchev–Trinajstić information content (AvgIpc) is 2.02. The molecule has 0 amide bonds. The summed E-state index contributed by atoms with van der Waals surface area (Å²) >= 11 is 0. The summed E-state index contributed by atoms with van der Waals surface area (Å²) in [6.07, 6.45) is 4.03. The molecule has 0 rings (SSSR count). The minimum absolute atomic E-state index is 0.0951. The van der Waals surface area contributed by atoms with Crippen LogP contribution >= 0.6 is 0 Å². The fourth-order valence-electron chi connectivity index (χ4n) is 0.486. The molecule has 0 N–H and O–H groups in total. The van der Waals surface area contributed by atoms with E-state index in [2.05, 4.69) is 4.74 Å². The smallest absolute Gasteiger partial charge is 0.302 e. The molecule has 0 spiro atoms. The number of hydrogen-bond acceptors (Lipinski definition) is 4. The van der Waals surface area contributed by atoms with Crippen LogP contribution in [0.4, 0.5) is 0 Å². The van der Waals surface area contributed by atoms with Gasteiger partial charge in [0.1, 0.15) is 19.5 Å². The first-order valence-electron chi connectivity index (χ1n) is 3.57. The van der Waals surface area contributed by atoms with Crippen molar-refractivity contribution in [1.82, 2.24) is 0 Å². The highest BCUT2D eigenvalue weighted by atomic mass is 16.5. The molecule has 0 aromatic heterocycles. The molecule has 0 saturated carbocycles. The van der Waals surface area contributed by atoms with Crippen LogP contribution in [0.15, 0.2) is 12.2 Å². The molecule has 0 fully saturated rings. The Morgan fingerprint density at radius 2 is 1.92 bits per heavy atom. The number of carbonyl (C=O) groups excluding carboxylic acids is 2. The Morgan fingerprint density at radius 1 is 1.25 bits per heavy atom. The summed E-state index contributed by atoms with van der Waals surface area (Å²) < 4.78 is 9.39. The minimum Gasteiger partial charge on any atom is -0.462 e. The standard InChI is InChI=1S/C8H12O4/c1-8(10)12-6-3-2-5-11-7-4-9/h2-4H,5-7H2,1H3. The molecule has 0 radical (unpaired) electrons. The maximum atomic E-state index is 10.2. The highest BCUT2D eigenvalue weighted by Gasteiger charge is 1.86. The maximum absolute atomic E-state index is 10.2. The number of carbonyl (C=O) groups is 2. The first-order chi connectivity index (χ1) is 5.77. The van der Waals surface area contributed by atoms with Crippen molar-refractivity contribution in [1.29, 1.82) is 0 Å². The number of esters is 1. The van der Waals surface area contributed by atoms with Crippen LogP contribution in [-0.4, -0.2) is 32.1 Å². The van der Waals surface area contributed by atoms with Gasteiger partial charge in [-0.05, 0) is 6.08 Å². The van der Waals surface area contributed by atoms with Crippen LogP contribution in [0.1, 0.15) is 6.92 Å². The van der Waals surface area contributed by atoms with E-state index in [1.165, 1.54) is 6.92 Å². The van der Waals surface area contributed by atoms with E-state index in [0.717, 1.165) is 0 Å². The lowest BCUT2D eigenvalue weighted by Gasteiger charge is -1.94. The zero-order chi connectivity index (χ0) is 9.23. The van der Waals surface area contributed by atoms with Crippen molar-refractivity contribution in [3.63, 3.8) is 0 Å². The van der Waals surface area contributed by atoms with Crippen LogP contribution in [0.2, 0.25) is 0 Å². The van der Waals surface area contributed by atoms with E-state index in [-0.39, 0.29) is 19.2 Å². The van der Waals surface area contributed by atoms with Crippen molar-refractivity contribution in [2.45, 2.75) is 6.92 Å². The van der Waals surface area contributed by atoms with Gasteiger partial charge in [0.15, 0.2) is 0 Å². The molecule has 0 unspecified atom stereocenters. The number of aldehydes is 1. The van der Waals surface area contributed by atoms with Crippen molar-refractivity contribution in [3.05, 3.63) is 12.2 Å². The van der Waals surface area contributed by atoms with Crippen LogP contribution in [-0.2, 0) is 19.1 Å². The lowest BCUT2D eigenvalue weighted by atomic mass is 10.5. The van der Waals surface area contributed by atoms with E-state index in [1.807, 2.05) is 0 Å². The van der Waals surface area contributed by atoms with E-state index in [0.29, 0.717) is 12.9 Å². The molecule has 0 aromatic carbocycles. The zero-order valence-corrected chi connectivity index (χ0v) is 6.99. The van der Waals surface area contributed by atoms with Gasteiger partial charge in [0, 0.05) is 6.92 Å². The van der Waals surface area contributed by atoms with Gasteiger partial charge in [-0.25, -0.2) is 0 Å². The predicted molar refractivity (Wildman–Crippen MR) is 42.7 cm³/mol. The van der Waals surface area contributed by atoms with E-state index in [9.17, 15) is 9.59 Å². The molecule has 0 atom stereocenters. The highest BCUT2D eigenvalue weighted by Crippen LogP contribution is 1.80. The molecule has 0 heterocycles. The molecule has 68 valence electrons. The Kier molecular flexibility index (Phi) is 7.17. The Morgan fingerprint density at radius 3 is 2.50 bits per heavy atom. The summed E-state index contributed by atoms with van der Waals surface area (Å²) in [6.45, 7) is 2.05. The molecule has 0 aromatic rings. The van der Waals surface area contributed by atoms with E-state index < -0.39 is 0 Å². The quantitative estimate of drug-likeness (QED) is 0.250. The van der Waals surface area contributed by atoms with Crippen molar-refractivity contribution >= 4 is 12.3 Å². The molecule has 0 aliphatic rings. The zero-order valence-electron chi connectivity index (χ0n) is 6.99. The van der Waals surface area contributed by atoms with E-state index in [4.69, 9.17) is 4.74 Å². The van der Waals surface area contributed by atoms with Crippen molar-refractivity contribution in [2.24, 2.45) is 0 Å². The molecular weight excluding hydrogens is 160 g/mol. The number of hydrogen-bond donors (Lipinski definition) is 0. The molecule has 0 saturated heterocycles. The normalized spacial score (nSPS) is 10.1. The second kappa shape index (κ2) is 7.94. The van der Waals surface area contributed by atoms with Crippen LogP contribution in [0.3, 0.4) is 0 Å². The predicted octanol–water partition coefficient (Wildman–Crippen LogP) is 0.321. The Bertz CT molecular complexity index is 162. The number of ether oxygens (including phenoxy) is 2. The summed E-state index contributed by atoms with van der Waals surface area (Å²) in [7, 11) is 0. The highest BCUT2D eigenvalue weighted by molar-refractivity contribution is 5.65. The summed E-state index contributed by atoms with van der Waals surface area (Å²) in [5.74, 6) is -0.312. The third-order valence-corrected chi connectivity index (χ3v) is 0.949. The third kappa shape index (κ3) is 8.84. The van der Waals surface area contributed by atoms with Crippen molar-refractivity contribution in [2.75, 3.05) is 19.8 Å². The molecular formula is C8H12O4. The SMILES string of the molecule is CC(=O)OCC=CCOCC=O. The second-order valence-corrected chi connectivity index (χ2v) is 1.98. The number of rotatable bonds is 6. The van der Waals surface area contributed by atoms with Gasteiger partial charge in [-0.2, -0.15) is 0 Å². The van der Waals surface area contributed by atoms with Gasteiger partial charge < -0.3 is 14.3 Å².